The number of carbonyl (C=O) groups is 1. The zero-order valence-electron chi connectivity index (χ0n) is 11.1. The summed E-state index contributed by atoms with van der Waals surface area (Å²) in [5, 5.41) is 8.25. The highest BCUT2D eigenvalue weighted by Gasteiger charge is 1.99. The van der Waals surface area contributed by atoms with E-state index < -0.39 is 6.47 Å². The Morgan fingerprint density at radius 3 is 2.47 bits per heavy atom. The van der Waals surface area contributed by atoms with Crippen LogP contribution in [0.3, 0.4) is 0 Å². The molecule has 0 bridgehead atoms. The molecule has 17 heavy (non-hydrogen) atoms. The van der Waals surface area contributed by atoms with E-state index in [0.29, 0.717) is 0 Å². The van der Waals surface area contributed by atoms with Crippen molar-refractivity contribution >= 4 is 6.47 Å². The van der Waals surface area contributed by atoms with E-state index in [0.717, 1.165) is 5.92 Å². The monoisotopic (exact) mass is 240 g/mol. The first-order valence-electron chi connectivity index (χ1n) is 6.16. The summed E-state index contributed by atoms with van der Waals surface area (Å²) in [6.45, 7) is 5.26. The van der Waals surface area contributed by atoms with Gasteiger partial charge in [-0.1, -0.05) is 26.7 Å². The Balaban J connectivity index is 0.000000770. The van der Waals surface area contributed by atoms with Crippen molar-refractivity contribution in [2.45, 2.75) is 46.1 Å². The smallest absolute Gasteiger partial charge is 0.243 e. The molecule has 0 aromatic carbocycles. The van der Waals surface area contributed by atoms with Crippen LogP contribution in [-0.2, 0) is 18.4 Å². The van der Waals surface area contributed by atoms with Crippen molar-refractivity contribution < 1.29 is 14.5 Å². The molecule has 0 spiro atoms. The molecule has 1 aromatic heterocycles. The number of hydrogen-bond donors (Lipinski definition) is 0. The molecule has 0 saturated carbocycles. The molecule has 0 aliphatic rings. The lowest BCUT2D eigenvalue weighted by atomic mass is 10.1. The number of carbonyl (C=O) groups excluding carboxylic acids is 1. The molecule has 0 unspecified atom stereocenters. The minimum absolute atomic E-state index is 0.500. The first-order valence-corrected chi connectivity index (χ1v) is 6.16. The van der Waals surface area contributed by atoms with Gasteiger partial charge in [-0.05, 0) is 18.8 Å². The molecular formula is C13H24N2O2. The zero-order chi connectivity index (χ0) is 13.1. The van der Waals surface area contributed by atoms with Crippen LogP contribution in [0, 0.1) is 5.92 Å². The first-order chi connectivity index (χ1) is 8.10. The molecular weight excluding hydrogens is 216 g/mol. The van der Waals surface area contributed by atoms with E-state index in [-0.39, 0.29) is 0 Å². The van der Waals surface area contributed by atoms with Crippen molar-refractivity contribution in [2.24, 2.45) is 13.0 Å². The molecule has 0 fully saturated rings. The zero-order valence-corrected chi connectivity index (χ0v) is 11.1. The van der Waals surface area contributed by atoms with Gasteiger partial charge in [0.05, 0.1) is 13.6 Å². The summed E-state index contributed by atoms with van der Waals surface area (Å²) >= 11 is 0. The number of rotatable bonds is 6. The van der Waals surface area contributed by atoms with Gasteiger partial charge in [0.25, 0.3) is 0 Å². The van der Waals surface area contributed by atoms with E-state index in [1.807, 2.05) is 0 Å². The number of imidazole rings is 1. The van der Waals surface area contributed by atoms with Gasteiger partial charge in [0.15, 0.2) is 0 Å². The Bertz CT molecular complexity index is 295. The van der Waals surface area contributed by atoms with Gasteiger partial charge in [-0.2, -0.15) is 0 Å². The second-order valence-electron chi connectivity index (χ2n) is 4.66. The van der Waals surface area contributed by atoms with Crippen molar-refractivity contribution in [3.05, 3.63) is 18.7 Å². The van der Waals surface area contributed by atoms with E-state index in [4.69, 9.17) is 9.90 Å². The maximum Gasteiger partial charge on any atom is 0.243 e. The number of nitrogens with zero attached hydrogens (tertiary/aromatic N) is 2. The normalized spacial score (nSPS) is 9.88. The quantitative estimate of drug-likeness (QED) is 0.421. The molecule has 0 saturated heterocycles. The maximum absolute atomic E-state index is 8.25. The van der Waals surface area contributed by atoms with Gasteiger partial charge in [-0.15, -0.1) is 0 Å². The molecule has 1 aromatic rings. The van der Waals surface area contributed by atoms with Crippen molar-refractivity contribution in [3.63, 3.8) is 0 Å². The summed E-state index contributed by atoms with van der Waals surface area (Å²) in [5.41, 5.74) is 0. The van der Waals surface area contributed by atoms with Crippen molar-refractivity contribution in [1.82, 2.24) is 4.57 Å². The maximum atomic E-state index is 8.25. The van der Waals surface area contributed by atoms with E-state index in [1.54, 1.807) is 0 Å². The Morgan fingerprint density at radius 2 is 2.00 bits per heavy atom. The third-order valence-corrected chi connectivity index (χ3v) is 2.52. The molecule has 4 nitrogen and oxygen atoms in total. The second-order valence-corrected chi connectivity index (χ2v) is 4.66. The van der Waals surface area contributed by atoms with Gasteiger partial charge in [-0.25, -0.2) is 9.13 Å². The van der Waals surface area contributed by atoms with Crippen LogP contribution in [0.15, 0.2) is 18.7 Å². The fraction of sp³-hybridized carbons (Fsp3) is 0.692. The van der Waals surface area contributed by atoms with Crippen LogP contribution in [0.5, 0.6) is 0 Å². The lowest BCUT2D eigenvalue weighted by Crippen LogP contribution is -2.23. The van der Waals surface area contributed by atoms with Gasteiger partial charge in [0, 0.05) is 6.47 Å². The van der Waals surface area contributed by atoms with Crippen LogP contribution >= 0.6 is 0 Å². The fourth-order valence-corrected chi connectivity index (χ4v) is 1.66. The molecule has 1 rings (SSSR count). The highest BCUT2D eigenvalue weighted by Crippen LogP contribution is 2.08. The number of hydrogen-bond acceptors (Lipinski definition) is 2. The topological polar surface area (TPSA) is 48.9 Å². The van der Waals surface area contributed by atoms with Crippen LogP contribution in [0.1, 0.15) is 39.5 Å². The van der Waals surface area contributed by atoms with Gasteiger partial charge < -0.3 is 9.90 Å². The van der Waals surface area contributed by atoms with E-state index in [2.05, 4.69) is 48.8 Å². The van der Waals surface area contributed by atoms with Crippen LogP contribution in [-0.4, -0.2) is 11.0 Å². The predicted molar refractivity (Wildman–Crippen MR) is 65.0 cm³/mol. The Hall–Kier alpha value is -1.32. The molecule has 0 radical (unpaired) electrons. The Kier molecular flexibility index (Phi) is 9.11. The van der Waals surface area contributed by atoms with Crippen molar-refractivity contribution in [2.75, 3.05) is 0 Å². The van der Waals surface area contributed by atoms with Gasteiger partial charge in [-0.3, -0.25) is 0 Å². The third kappa shape index (κ3) is 9.60. The Labute approximate surface area is 104 Å². The van der Waals surface area contributed by atoms with Gasteiger partial charge >= 0.3 is 0 Å². The predicted octanol–water partition coefficient (Wildman–Crippen LogP) is 0.895. The summed E-state index contributed by atoms with van der Waals surface area (Å²) in [7, 11) is 2.06. The summed E-state index contributed by atoms with van der Waals surface area (Å²) in [5.74, 6) is 0.861. The highest BCUT2D eigenvalue weighted by atomic mass is 16.3. The first kappa shape index (κ1) is 15.7. The highest BCUT2D eigenvalue weighted by molar-refractivity contribution is 5.29. The van der Waals surface area contributed by atoms with E-state index >= 15 is 0 Å². The van der Waals surface area contributed by atoms with E-state index in [9.17, 15) is 0 Å². The van der Waals surface area contributed by atoms with Gasteiger partial charge in [0.2, 0.25) is 6.33 Å². The standard InChI is InChI=1S/C12H23N2.CH2O2/c1-12(2)7-5-4-6-8-14-10-9-13(3)11-14;2-1-3/h9-12H,4-8H2,1-3H3;1H,(H,2,3)/q+1;/p-1. The Morgan fingerprint density at radius 1 is 1.35 bits per heavy atom. The molecule has 0 amide bonds. The molecule has 1 heterocycles. The van der Waals surface area contributed by atoms with Crippen LogP contribution < -0.4 is 9.67 Å². The summed E-state index contributed by atoms with van der Waals surface area (Å²) in [6, 6.07) is 0. The van der Waals surface area contributed by atoms with Crippen LogP contribution in [0.2, 0.25) is 0 Å². The second kappa shape index (κ2) is 9.87. The summed E-state index contributed by atoms with van der Waals surface area (Å²) in [6.07, 6.45) is 11.8. The fourth-order valence-electron chi connectivity index (χ4n) is 1.66. The van der Waals surface area contributed by atoms with Crippen molar-refractivity contribution in [3.8, 4) is 0 Å². The largest absolute Gasteiger partial charge is 0.554 e. The molecule has 0 aliphatic heterocycles. The number of aryl methyl sites for hydroxylation is 2. The van der Waals surface area contributed by atoms with E-state index in [1.165, 1.54) is 32.2 Å². The average molecular weight is 240 g/mol. The molecule has 0 N–H and O–H groups in total. The number of carboxylic acid groups (broad SMARTS) is 1. The molecule has 4 heteroatoms. The lowest BCUT2D eigenvalue weighted by molar-refractivity contribution is -0.671. The lowest BCUT2D eigenvalue weighted by Gasteiger charge is -2.02. The number of unbranched alkanes of at least 4 members (excludes halogenated alkanes) is 2. The molecule has 0 atom stereocenters. The summed E-state index contributed by atoms with van der Waals surface area (Å²) in [4.78, 5) is 8.25. The van der Waals surface area contributed by atoms with Crippen LogP contribution in [0.4, 0.5) is 0 Å². The van der Waals surface area contributed by atoms with Crippen molar-refractivity contribution in [1.29, 1.82) is 0 Å². The van der Waals surface area contributed by atoms with Gasteiger partial charge in [0.1, 0.15) is 12.4 Å². The minimum atomic E-state index is -0.500. The third-order valence-electron chi connectivity index (χ3n) is 2.52. The molecule has 98 valence electrons. The number of aromatic nitrogens is 2. The average Bonchev–Trinajstić information content (AvgIpc) is 2.64. The summed E-state index contributed by atoms with van der Waals surface area (Å²) < 4.78 is 4.35. The minimum Gasteiger partial charge on any atom is -0.554 e. The van der Waals surface area contributed by atoms with Crippen LogP contribution in [0.25, 0.3) is 0 Å². The molecule has 0 aliphatic carbocycles. The SMILES string of the molecule is CC(C)CCCCCn1cc[n+](C)c1.O=C[O-].